The molecule has 1 aliphatic rings. The maximum Gasteiger partial charge on any atom is 0.0441 e. The lowest BCUT2D eigenvalue weighted by Gasteiger charge is -2.25. The van der Waals surface area contributed by atoms with Crippen LogP contribution in [0.1, 0.15) is 46.0 Å². The highest BCUT2D eigenvalue weighted by molar-refractivity contribution is 7.99. The van der Waals surface area contributed by atoms with Crippen molar-refractivity contribution in [3.8, 4) is 0 Å². The van der Waals surface area contributed by atoms with Crippen molar-refractivity contribution >= 4 is 11.8 Å². The van der Waals surface area contributed by atoms with Gasteiger partial charge >= 0.3 is 0 Å². The third-order valence-electron chi connectivity index (χ3n) is 3.53. The summed E-state index contributed by atoms with van der Waals surface area (Å²) >= 11 is 2.01. The Morgan fingerprint density at radius 1 is 1.38 bits per heavy atom. The van der Waals surface area contributed by atoms with Gasteiger partial charge in [-0.3, -0.25) is 0 Å². The zero-order chi connectivity index (χ0) is 11.8. The van der Waals surface area contributed by atoms with Gasteiger partial charge in [0.15, 0.2) is 0 Å². The molecule has 1 aliphatic carbocycles. The van der Waals surface area contributed by atoms with E-state index in [1.165, 1.54) is 31.4 Å². The fourth-order valence-electron chi connectivity index (χ4n) is 2.52. The first kappa shape index (κ1) is 14.3. The molecule has 0 spiro atoms. The van der Waals surface area contributed by atoms with E-state index in [0.717, 1.165) is 18.9 Å². The molecule has 0 heterocycles. The maximum absolute atomic E-state index is 8.89. The van der Waals surface area contributed by atoms with E-state index in [1.54, 1.807) is 0 Å². The molecule has 16 heavy (non-hydrogen) atoms. The van der Waals surface area contributed by atoms with Gasteiger partial charge in [0.2, 0.25) is 0 Å². The van der Waals surface area contributed by atoms with E-state index in [-0.39, 0.29) is 0 Å². The molecule has 2 nitrogen and oxygen atoms in total. The molecule has 0 radical (unpaired) electrons. The Kier molecular flexibility index (Phi) is 7.50. The topological polar surface area (TPSA) is 32.3 Å². The first-order valence-electron chi connectivity index (χ1n) is 6.73. The molecule has 0 aromatic rings. The average molecular weight is 245 g/mol. The molecule has 0 aromatic heterocycles. The summed E-state index contributed by atoms with van der Waals surface area (Å²) in [5.74, 6) is 2.11. The highest BCUT2D eigenvalue weighted by atomic mass is 32.2. The largest absolute Gasteiger partial charge is 0.396 e. The molecule has 2 N–H and O–H groups in total. The number of aliphatic hydroxyl groups excluding tert-OH is 1. The van der Waals surface area contributed by atoms with E-state index < -0.39 is 0 Å². The zero-order valence-electron chi connectivity index (χ0n) is 10.7. The van der Waals surface area contributed by atoms with Crippen LogP contribution in [0.5, 0.6) is 0 Å². The van der Waals surface area contributed by atoms with Gasteiger partial charge in [0.05, 0.1) is 0 Å². The van der Waals surface area contributed by atoms with Gasteiger partial charge < -0.3 is 10.4 Å². The first-order valence-corrected chi connectivity index (χ1v) is 7.78. The predicted octanol–water partition coefficient (Wildman–Crippen LogP) is 2.66. The number of nitrogens with one attached hydrogen (secondary N) is 1. The van der Waals surface area contributed by atoms with Crippen LogP contribution >= 0.6 is 11.8 Å². The minimum atomic E-state index is 0.323. The third kappa shape index (κ3) is 5.07. The molecule has 0 aromatic carbocycles. The summed E-state index contributed by atoms with van der Waals surface area (Å²) in [5.41, 5.74) is 0. The molecule has 0 bridgehead atoms. The Hall–Kier alpha value is 0.270. The van der Waals surface area contributed by atoms with Crippen molar-refractivity contribution in [2.45, 2.75) is 57.2 Å². The van der Waals surface area contributed by atoms with Crippen molar-refractivity contribution in [2.75, 3.05) is 18.9 Å². The predicted molar refractivity (Wildman–Crippen MR) is 73.0 cm³/mol. The lowest BCUT2D eigenvalue weighted by Crippen LogP contribution is -2.37. The molecule has 96 valence electrons. The minimum absolute atomic E-state index is 0.323. The molecule has 0 aliphatic heterocycles. The normalized spacial score (nSPS) is 21.2. The Morgan fingerprint density at radius 2 is 2.06 bits per heavy atom. The van der Waals surface area contributed by atoms with Crippen molar-refractivity contribution in [2.24, 2.45) is 5.92 Å². The van der Waals surface area contributed by atoms with Crippen LogP contribution in [0, 0.1) is 5.92 Å². The summed E-state index contributed by atoms with van der Waals surface area (Å²) in [6.07, 6.45) is 6.58. The average Bonchev–Trinajstić information content (AvgIpc) is 2.78. The number of hydrogen-bond acceptors (Lipinski definition) is 3. The highest BCUT2D eigenvalue weighted by Crippen LogP contribution is 2.30. The van der Waals surface area contributed by atoms with E-state index in [2.05, 4.69) is 19.2 Å². The smallest absolute Gasteiger partial charge is 0.0441 e. The Labute approximate surface area is 105 Å². The van der Waals surface area contributed by atoms with Gasteiger partial charge in [-0.15, -0.1) is 0 Å². The van der Waals surface area contributed by atoms with Crippen LogP contribution in [0.25, 0.3) is 0 Å². The number of aliphatic hydroxyl groups is 1. The van der Waals surface area contributed by atoms with Crippen molar-refractivity contribution in [1.82, 2.24) is 5.32 Å². The van der Waals surface area contributed by atoms with E-state index in [4.69, 9.17) is 5.11 Å². The van der Waals surface area contributed by atoms with Crippen LogP contribution in [0.3, 0.4) is 0 Å². The van der Waals surface area contributed by atoms with Crippen molar-refractivity contribution in [1.29, 1.82) is 0 Å². The maximum atomic E-state index is 8.89. The Morgan fingerprint density at radius 3 is 2.62 bits per heavy atom. The van der Waals surface area contributed by atoms with E-state index in [1.807, 2.05) is 11.8 Å². The SMILES string of the molecule is CCNC(CSC(C)CCO)C1CCCC1. The summed E-state index contributed by atoms with van der Waals surface area (Å²) in [7, 11) is 0. The van der Waals surface area contributed by atoms with Crippen LogP contribution in [-0.4, -0.2) is 35.3 Å². The number of hydrogen-bond donors (Lipinski definition) is 2. The summed E-state index contributed by atoms with van der Waals surface area (Å²) in [4.78, 5) is 0. The molecule has 3 heteroatoms. The Balaban J connectivity index is 2.26. The number of rotatable bonds is 8. The molecule has 1 rings (SSSR count). The van der Waals surface area contributed by atoms with Crippen LogP contribution in [0.4, 0.5) is 0 Å². The summed E-state index contributed by atoms with van der Waals surface area (Å²) in [6.45, 7) is 5.82. The van der Waals surface area contributed by atoms with Gasteiger partial charge in [-0.2, -0.15) is 11.8 Å². The van der Waals surface area contributed by atoms with Gasteiger partial charge in [-0.25, -0.2) is 0 Å². The lowest BCUT2D eigenvalue weighted by atomic mass is 10.00. The minimum Gasteiger partial charge on any atom is -0.396 e. The molecule has 0 saturated heterocycles. The number of thioether (sulfide) groups is 1. The second-order valence-electron chi connectivity index (χ2n) is 4.86. The van der Waals surface area contributed by atoms with Gasteiger partial charge in [-0.05, 0) is 31.7 Å². The van der Waals surface area contributed by atoms with Gasteiger partial charge in [0.1, 0.15) is 0 Å². The van der Waals surface area contributed by atoms with Crippen LogP contribution in [0.2, 0.25) is 0 Å². The third-order valence-corrected chi connectivity index (χ3v) is 4.89. The van der Waals surface area contributed by atoms with E-state index >= 15 is 0 Å². The Bertz CT molecular complexity index is 171. The van der Waals surface area contributed by atoms with Gasteiger partial charge in [0.25, 0.3) is 0 Å². The zero-order valence-corrected chi connectivity index (χ0v) is 11.6. The molecular formula is C13H27NOS. The molecule has 1 saturated carbocycles. The summed E-state index contributed by atoms with van der Waals surface area (Å²) in [6, 6.07) is 0.693. The molecule has 1 fully saturated rings. The second kappa shape index (κ2) is 8.37. The summed E-state index contributed by atoms with van der Waals surface area (Å²) in [5, 5.41) is 13.1. The van der Waals surface area contributed by atoms with Crippen molar-refractivity contribution in [3.05, 3.63) is 0 Å². The van der Waals surface area contributed by atoms with Crippen molar-refractivity contribution < 1.29 is 5.11 Å². The monoisotopic (exact) mass is 245 g/mol. The van der Waals surface area contributed by atoms with Crippen LogP contribution in [0.15, 0.2) is 0 Å². The van der Waals surface area contributed by atoms with Crippen LogP contribution in [-0.2, 0) is 0 Å². The lowest BCUT2D eigenvalue weighted by molar-refractivity contribution is 0.288. The standard InChI is InChI=1S/C13H27NOS/c1-3-14-13(12-6-4-5-7-12)10-16-11(2)8-9-15/h11-15H,3-10H2,1-2H3. The van der Waals surface area contributed by atoms with Gasteiger partial charge in [0, 0.05) is 23.7 Å². The summed E-state index contributed by atoms with van der Waals surface area (Å²) < 4.78 is 0. The van der Waals surface area contributed by atoms with E-state index in [0.29, 0.717) is 17.9 Å². The molecule has 2 unspecified atom stereocenters. The first-order chi connectivity index (χ1) is 7.77. The van der Waals surface area contributed by atoms with Crippen LogP contribution < -0.4 is 5.32 Å². The molecule has 0 amide bonds. The quantitative estimate of drug-likeness (QED) is 0.689. The molecule has 2 atom stereocenters. The van der Waals surface area contributed by atoms with Gasteiger partial charge in [-0.1, -0.05) is 26.7 Å². The van der Waals surface area contributed by atoms with E-state index in [9.17, 15) is 0 Å². The van der Waals surface area contributed by atoms with Crippen molar-refractivity contribution in [3.63, 3.8) is 0 Å². The fourth-order valence-corrected chi connectivity index (χ4v) is 3.71. The fraction of sp³-hybridized carbons (Fsp3) is 1.00. The second-order valence-corrected chi connectivity index (χ2v) is 6.34. The molecular weight excluding hydrogens is 218 g/mol. The highest BCUT2D eigenvalue weighted by Gasteiger charge is 2.24.